The summed E-state index contributed by atoms with van der Waals surface area (Å²) in [6.45, 7) is 2.35. The van der Waals surface area contributed by atoms with Crippen molar-refractivity contribution in [2.75, 3.05) is 18.6 Å². The van der Waals surface area contributed by atoms with Crippen LogP contribution < -0.4 is 15.0 Å². The molecule has 2 amide bonds. The summed E-state index contributed by atoms with van der Waals surface area (Å²) in [5, 5.41) is 5.39. The standard InChI is InChI=1S/C24H24N2O3/c1-16(18-11-10-17-6-3-4-7-19(17)12-18)25-24(28)20-13-23(27)26(15-20)21-8-5-9-22(14-21)29-2/h3-12,14,16,20H,13,15H2,1-2H3,(H,25,28)/t16-,20+/m1/s1. The first kappa shape index (κ1) is 19.0. The highest BCUT2D eigenvalue weighted by molar-refractivity contribution is 6.00. The van der Waals surface area contributed by atoms with E-state index in [0.717, 1.165) is 16.6 Å². The molecule has 148 valence electrons. The zero-order valence-corrected chi connectivity index (χ0v) is 16.6. The molecular weight excluding hydrogens is 364 g/mol. The molecule has 29 heavy (non-hydrogen) atoms. The van der Waals surface area contributed by atoms with Crippen LogP contribution in [0.25, 0.3) is 10.8 Å². The fraction of sp³-hybridized carbons (Fsp3) is 0.250. The van der Waals surface area contributed by atoms with Crippen LogP contribution in [0.1, 0.15) is 24.9 Å². The van der Waals surface area contributed by atoms with Crippen molar-refractivity contribution in [2.45, 2.75) is 19.4 Å². The van der Waals surface area contributed by atoms with Crippen molar-refractivity contribution in [2.24, 2.45) is 5.92 Å². The van der Waals surface area contributed by atoms with E-state index in [1.54, 1.807) is 12.0 Å². The first-order valence-electron chi connectivity index (χ1n) is 9.78. The molecule has 0 spiro atoms. The Morgan fingerprint density at radius 1 is 1.07 bits per heavy atom. The summed E-state index contributed by atoms with van der Waals surface area (Å²) in [5.41, 5.74) is 1.80. The van der Waals surface area contributed by atoms with Crippen LogP contribution in [-0.4, -0.2) is 25.5 Å². The lowest BCUT2D eigenvalue weighted by Crippen LogP contribution is -2.34. The van der Waals surface area contributed by atoms with E-state index in [2.05, 4.69) is 29.6 Å². The minimum absolute atomic E-state index is 0.0447. The van der Waals surface area contributed by atoms with Crippen LogP contribution in [0.15, 0.2) is 66.7 Å². The Labute approximate surface area is 170 Å². The van der Waals surface area contributed by atoms with Gasteiger partial charge >= 0.3 is 0 Å². The molecular formula is C24H24N2O3. The zero-order valence-electron chi connectivity index (χ0n) is 16.6. The van der Waals surface area contributed by atoms with E-state index in [9.17, 15) is 9.59 Å². The van der Waals surface area contributed by atoms with Crippen molar-refractivity contribution in [1.29, 1.82) is 0 Å². The fourth-order valence-electron chi connectivity index (χ4n) is 3.80. The van der Waals surface area contributed by atoms with E-state index in [0.29, 0.717) is 12.3 Å². The Kier molecular flexibility index (Phi) is 5.21. The number of benzene rings is 3. The van der Waals surface area contributed by atoms with E-state index >= 15 is 0 Å². The molecule has 3 aromatic rings. The summed E-state index contributed by atoms with van der Waals surface area (Å²) >= 11 is 0. The number of hydrogen-bond donors (Lipinski definition) is 1. The van der Waals surface area contributed by atoms with Crippen molar-refractivity contribution in [1.82, 2.24) is 5.32 Å². The Balaban J connectivity index is 1.44. The largest absolute Gasteiger partial charge is 0.497 e. The number of rotatable bonds is 5. The van der Waals surface area contributed by atoms with Crippen LogP contribution in [0, 0.1) is 5.92 Å². The number of fused-ring (bicyclic) bond motifs is 1. The molecule has 0 unspecified atom stereocenters. The summed E-state index contributed by atoms with van der Waals surface area (Å²) in [6, 6.07) is 21.6. The van der Waals surface area contributed by atoms with E-state index in [-0.39, 0.29) is 30.2 Å². The van der Waals surface area contributed by atoms with Gasteiger partial charge in [-0.1, -0.05) is 42.5 Å². The molecule has 0 saturated carbocycles. The van der Waals surface area contributed by atoms with Gasteiger partial charge in [-0.2, -0.15) is 0 Å². The van der Waals surface area contributed by atoms with Gasteiger partial charge in [-0.3, -0.25) is 9.59 Å². The van der Waals surface area contributed by atoms with Gasteiger partial charge in [-0.15, -0.1) is 0 Å². The molecule has 0 aliphatic carbocycles. The number of carbonyl (C=O) groups excluding carboxylic acids is 2. The highest BCUT2D eigenvalue weighted by atomic mass is 16.5. The molecule has 0 bridgehead atoms. The highest BCUT2D eigenvalue weighted by Crippen LogP contribution is 2.28. The topological polar surface area (TPSA) is 58.6 Å². The predicted octanol–water partition coefficient (Wildman–Crippen LogP) is 4.08. The molecule has 1 aliphatic rings. The van der Waals surface area contributed by atoms with E-state index in [1.807, 2.05) is 49.4 Å². The quantitative estimate of drug-likeness (QED) is 0.717. The van der Waals surface area contributed by atoms with Crippen LogP contribution in [0.4, 0.5) is 5.69 Å². The summed E-state index contributed by atoms with van der Waals surface area (Å²) < 4.78 is 5.24. The van der Waals surface area contributed by atoms with Crippen molar-refractivity contribution < 1.29 is 14.3 Å². The molecule has 3 aromatic carbocycles. The fourth-order valence-corrected chi connectivity index (χ4v) is 3.80. The summed E-state index contributed by atoms with van der Waals surface area (Å²) in [4.78, 5) is 27.0. The molecule has 2 atom stereocenters. The SMILES string of the molecule is COc1cccc(N2C[C@@H](C(=O)N[C@H](C)c3ccc4ccccc4c3)CC2=O)c1. The number of anilines is 1. The van der Waals surface area contributed by atoms with Crippen LogP contribution >= 0.6 is 0 Å². The lowest BCUT2D eigenvalue weighted by molar-refractivity contribution is -0.126. The third kappa shape index (κ3) is 3.94. The number of nitrogens with one attached hydrogen (secondary N) is 1. The van der Waals surface area contributed by atoms with Crippen molar-refractivity contribution in [3.63, 3.8) is 0 Å². The number of methoxy groups -OCH3 is 1. The molecule has 1 N–H and O–H groups in total. The second-order valence-electron chi connectivity index (χ2n) is 7.44. The molecule has 5 heteroatoms. The van der Waals surface area contributed by atoms with E-state index < -0.39 is 0 Å². The van der Waals surface area contributed by atoms with Gasteiger partial charge in [0.1, 0.15) is 5.75 Å². The second kappa shape index (κ2) is 7.95. The van der Waals surface area contributed by atoms with Gasteiger partial charge < -0.3 is 15.0 Å². The normalized spacial score (nSPS) is 17.4. The number of ether oxygens (including phenoxy) is 1. The van der Waals surface area contributed by atoms with Crippen LogP contribution in [-0.2, 0) is 9.59 Å². The molecule has 5 nitrogen and oxygen atoms in total. The maximum atomic E-state index is 12.8. The van der Waals surface area contributed by atoms with Gasteiger partial charge in [0.15, 0.2) is 0 Å². The molecule has 0 radical (unpaired) electrons. The molecule has 1 saturated heterocycles. The number of hydrogen-bond acceptors (Lipinski definition) is 3. The third-order valence-electron chi connectivity index (χ3n) is 5.49. The van der Waals surface area contributed by atoms with Gasteiger partial charge in [-0.05, 0) is 41.5 Å². The molecule has 1 aliphatic heterocycles. The average Bonchev–Trinajstić information content (AvgIpc) is 3.15. The second-order valence-corrected chi connectivity index (χ2v) is 7.44. The maximum Gasteiger partial charge on any atom is 0.227 e. The van der Waals surface area contributed by atoms with Gasteiger partial charge in [0.05, 0.1) is 19.1 Å². The van der Waals surface area contributed by atoms with Crippen molar-refractivity contribution in [3.05, 3.63) is 72.3 Å². The lowest BCUT2D eigenvalue weighted by Gasteiger charge is -2.19. The Morgan fingerprint density at radius 2 is 1.86 bits per heavy atom. The van der Waals surface area contributed by atoms with Gasteiger partial charge in [0.2, 0.25) is 11.8 Å². The molecule has 1 fully saturated rings. The van der Waals surface area contributed by atoms with Crippen LogP contribution in [0.3, 0.4) is 0 Å². The van der Waals surface area contributed by atoms with Gasteiger partial charge in [-0.25, -0.2) is 0 Å². The van der Waals surface area contributed by atoms with Crippen molar-refractivity contribution >= 4 is 28.3 Å². The zero-order chi connectivity index (χ0) is 20.4. The smallest absolute Gasteiger partial charge is 0.227 e. The molecule has 0 aromatic heterocycles. The van der Waals surface area contributed by atoms with Gasteiger partial charge in [0, 0.05) is 24.7 Å². The number of amides is 2. The average molecular weight is 388 g/mol. The number of carbonyl (C=O) groups is 2. The van der Waals surface area contributed by atoms with E-state index in [4.69, 9.17) is 4.74 Å². The van der Waals surface area contributed by atoms with Gasteiger partial charge in [0.25, 0.3) is 0 Å². The summed E-state index contributed by atoms with van der Waals surface area (Å²) in [5.74, 6) is 0.186. The van der Waals surface area contributed by atoms with Crippen LogP contribution in [0.5, 0.6) is 5.75 Å². The highest BCUT2D eigenvalue weighted by Gasteiger charge is 2.35. The molecule has 4 rings (SSSR count). The number of nitrogens with zero attached hydrogens (tertiary/aromatic N) is 1. The Hall–Kier alpha value is -3.34. The first-order valence-corrected chi connectivity index (χ1v) is 9.78. The predicted molar refractivity (Wildman–Crippen MR) is 114 cm³/mol. The minimum atomic E-state index is -0.364. The lowest BCUT2D eigenvalue weighted by atomic mass is 10.0. The monoisotopic (exact) mass is 388 g/mol. The minimum Gasteiger partial charge on any atom is -0.497 e. The summed E-state index contributed by atoms with van der Waals surface area (Å²) in [7, 11) is 1.59. The van der Waals surface area contributed by atoms with Crippen LogP contribution in [0.2, 0.25) is 0 Å². The third-order valence-corrected chi connectivity index (χ3v) is 5.49. The van der Waals surface area contributed by atoms with Crippen molar-refractivity contribution in [3.8, 4) is 5.75 Å². The first-order chi connectivity index (χ1) is 14.0. The Bertz CT molecular complexity index is 1060. The van der Waals surface area contributed by atoms with E-state index in [1.165, 1.54) is 5.39 Å². The summed E-state index contributed by atoms with van der Waals surface area (Å²) in [6.07, 6.45) is 0.216. The Morgan fingerprint density at radius 3 is 2.66 bits per heavy atom. The molecule has 1 heterocycles. The maximum absolute atomic E-state index is 12.8.